The lowest BCUT2D eigenvalue weighted by Gasteiger charge is -2.35. The largest absolute Gasteiger partial charge is 0.404 e. The molecule has 0 aromatic heterocycles. The topological polar surface area (TPSA) is 29.3 Å². The Morgan fingerprint density at radius 3 is 2.14 bits per heavy atom. The van der Waals surface area contributed by atoms with Crippen molar-refractivity contribution < 1.29 is 13.2 Å². The number of hydrogen-bond donors (Lipinski definition) is 1. The molecule has 0 amide bonds. The summed E-state index contributed by atoms with van der Waals surface area (Å²) in [6, 6.07) is -1.33. The third-order valence-electron chi connectivity index (χ3n) is 2.65. The van der Waals surface area contributed by atoms with E-state index < -0.39 is 12.2 Å². The van der Waals surface area contributed by atoms with Crippen LogP contribution in [0, 0.1) is 0 Å². The molecule has 1 fully saturated rings. The quantitative estimate of drug-likeness (QED) is 0.769. The van der Waals surface area contributed by atoms with Crippen molar-refractivity contribution in [2.24, 2.45) is 5.73 Å². The Morgan fingerprint density at radius 2 is 1.71 bits per heavy atom. The Kier molecular flexibility index (Phi) is 4.19. The molecule has 1 unspecified atom stereocenters. The maximum absolute atomic E-state index is 12.6. The lowest BCUT2D eigenvalue weighted by atomic mass is 10.1. The van der Waals surface area contributed by atoms with E-state index in [-0.39, 0.29) is 13.0 Å². The van der Waals surface area contributed by atoms with Gasteiger partial charge in [0.15, 0.2) is 0 Å². The van der Waals surface area contributed by atoms with Crippen molar-refractivity contribution >= 4 is 0 Å². The molecule has 0 saturated carbocycles. The molecule has 14 heavy (non-hydrogen) atoms. The van der Waals surface area contributed by atoms with Crippen molar-refractivity contribution in [1.29, 1.82) is 0 Å². The lowest BCUT2D eigenvalue weighted by Crippen LogP contribution is -2.48. The molecule has 1 atom stereocenters. The van der Waals surface area contributed by atoms with Gasteiger partial charge in [-0.1, -0.05) is 6.42 Å². The average Bonchev–Trinajstić information content (AvgIpc) is 2.14. The van der Waals surface area contributed by atoms with Crippen molar-refractivity contribution in [3.63, 3.8) is 0 Å². The number of alkyl halides is 3. The van der Waals surface area contributed by atoms with Gasteiger partial charge in [-0.2, -0.15) is 13.2 Å². The van der Waals surface area contributed by atoms with E-state index >= 15 is 0 Å². The minimum Gasteiger partial charge on any atom is -0.330 e. The van der Waals surface area contributed by atoms with Crippen LogP contribution >= 0.6 is 0 Å². The van der Waals surface area contributed by atoms with Gasteiger partial charge < -0.3 is 5.73 Å². The van der Waals surface area contributed by atoms with Crippen molar-refractivity contribution in [2.75, 3.05) is 19.6 Å². The monoisotopic (exact) mass is 210 g/mol. The van der Waals surface area contributed by atoms with Crippen molar-refractivity contribution in [3.8, 4) is 0 Å². The maximum atomic E-state index is 12.6. The molecule has 0 aromatic rings. The molecule has 1 rings (SSSR count). The third-order valence-corrected chi connectivity index (χ3v) is 2.65. The summed E-state index contributed by atoms with van der Waals surface area (Å²) in [6.45, 7) is 1.22. The van der Waals surface area contributed by atoms with Crippen LogP contribution in [-0.2, 0) is 0 Å². The van der Waals surface area contributed by atoms with E-state index in [2.05, 4.69) is 0 Å². The summed E-state index contributed by atoms with van der Waals surface area (Å²) in [5, 5.41) is 0. The second-order valence-electron chi connectivity index (χ2n) is 3.73. The summed E-state index contributed by atoms with van der Waals surface area (Å²) in [6.07, 6.45) is -1.32. The molecule has 1 aliphatic rings. The molecule has 0 radical (unpaired) electrons. The maximum Gasteiger partial charge on any atom is 0.404 e. The highest BCUT2D eigenvalue weighted by atomic mass is 19.4. The van der Waals surface area contributed by atoms with Gasteiger partial charge in [-0.15, -0.1) is 0 Å². The minimum absolute atomic E-state index is 0.0174. The summed E-state index contributed by atoms with van der Waals surface area (Å²) < 4.78 is 37.8. The smallest absolute Gasteiger partial charge is 0.330 e. The molecule has 0 aliphatic carbocycles. The van der Waals surface area contributed by atoms with Crippen LogP contribution in [0.2, 0.25) is 0 Å². The molecule has 0 bridgehead atoms. The summed E-state index contributed by atoms with van der Waals surface area (Å²) in [7, 11) is 0. The number of nitrogens with zero attached hydrogens (tertiary/aromatic N) is 1. The van der Waals surface area contributed by atoms with Crippen LogP contribution in [0.5, 0.6) is 0 Å². The van der Waals surface area contributed by atoms with Gasteiger partial charge in [-0.05, 0) is 38.9 Å². The standard InChI is InChI=1S/C9H17F3N2/c10-9(11,12)8(4-5-13)14-6-2-1-3-7-14/h8H,1-7,13H2. The van der Waals surface area contributed by atoms with Gasteiger partial charge in [0.1, 0.15) is 6.04 Å². The van der Waals surface area contributed by atoms with E-state index in [9.17, 15) is 13.2 Å². The number of rotatable bonds is 3. The third kappa shape index (κ3) is 3.13. The molecule has 2 nitrogen and oxygen atoms in total. The predicted molar refractivity (Wildman–Crippen MR) is 48.9 cm³/mol. The normalized spacial score (nSPS) is 22.3. The zero-order valence-corrected chi connectivity index (χ0v) is 8.19. The van der Waals surface area contributed by atoms with Crippen molar-refractivity contribution in [3.05, 3.63) is 0 Å². The number of nitrogens with two attached hydrogens (primary N) is 1. The van der Waals surface area contributed by atoms with Crippen LogP contribution in [0.3, 0.4) is 0 Å². The molecule has 1 aliphatic heterocycles. The molecule has 0 spiro atoms. The molecule has 2 N–H and O–H groups in total. The fourth-order valence-electron chi connectivity index (χ4n) is 1.94. The minimum atomic E-state index is -4.13. The molecular formula is C9H17F3N2. The predicted octanol–water partition coefficient (Wildman–Crippen LogP) is 1.75. The first-order chi connectivity index (χ1) is 6.55. The summed E-state index contributed by atoms with van der Waals surface area (Å²) in [4.78, 5) is 1.52. The molecule has 84 valence electrons. The fraction of sp³-hybridized carbons (Fsp3) is 1.00. The van der Waals surface area contributed by atoms with Crippen LogP contribution in [0.25, 0.3) is 0 Å². The van der Waals surface area contributed by atoms with Gasteiger partial charge >= 0.3 is 6.18 Å². The Hall–Kier alpha value is -0.290. The molecule has 1 heterocycles. The second kappa shape index (κ2) is 4.98. The van der Waals surface area contributed by atoms with E-state index in [1.165, 1.54) is 4.90 Å². The van der Waals surface area contributed by atoms with E-state index in [1.54, 1.807) is 0 Å². The zero-order valence-electron chi connectivity index (χ0n) is 8.19. The number of halogens is 3. The Morgan fingerprint density at radius 1 is 1.14 bits per heavy atom. The van der Waals surface area contributed by atoms with Crippen molar-refractivity contribution in [2.45, 2.75) is 37.9 Å². The first-order valence-electron chi connectivity index (χ1n) is 5.06. The van der Waals surface area contributed by atoms with Crippen LogP contribution in [0.4, 0.5) is 13.2 Å². The highest BCUT2D eigenvalue weighted by Crippen LogP contribution is 2.28. The summed E-state index contributed by atoms with van der Waals surface area (Å²) in [5.74, 6) is 0. The Balaban J connectivity index is 2.56. The zero-order chi connectivity index (χ0) is 10.6. The van der Waals surface area contributed by atoms with Gasteiger partial charge in [0.25, 0.3) is 0 Å². The van der Waals surface area contributed by atoms with Crippen LogP contribution in [0.1, 0.15) is 25.7 Å². The SMILES string of the molecule is NCCC(N1CCCCC1)C(F)(F)F. The first-order valence-corrected chi connectivity index (χ1v) is 5.06. The van der Waals surface area contributed by atoms with E-state index in [4.69, 9.17) is 5.73 Å². The van der Waals surface area contributed by atoms with Crippen molar-refractivity contribution in [1.82, 2.24) is 4.90 Å². The summed E-state index contributed by atoms with van der Waals surface area (Å²) >= 11 is 0. The van der Waals surface area contributed by atoms with Crippen LogP contribution in [0.15, 0.2) is 0 Å². The number of hydrogen-bond acceptors (Lipinski definition) is 2. The molecular weight excluding hydrogens is 193 g/mol. The number of likely N-dealkylation sites (tertiary alicyclic amines) is 1. The fourth-order valence-corrected chi connectivity index (χ4v) is 1.94. The molecule has 0 aromatic carbocycles. The second-order valence-corrected chi connectivity index (χ2v) is 3.73. The average molecular weight is 210 g/mol. The summed E-state index contributed by atoms with van der Waals surface area (Å²) in [5.41, 5.74) is 5.21. The van der Waals surface area contributed by atoms with Crippen LogP contribution in [-0.4, -0.2) is 36.8 Å². The van der Waals surface area contributed by atoms with Gasteiger partial charge in [0.05, 0.1) is 0 Å². The van der Waals surface area contributed by atoms with E-state index in [1.807, 2.05) is 0 Å². The molecule has 1 saturated heterocycles. The highest BCUT2D eigenvalue weighted by Gasteiger charge is 2.42. The highest BCUT2D eigenvalue weighted by molar-refractivity contribution is 4.81. The molecule has 5 heteroatoms. The van der Waals surface area contributed by atoms with E-state index in [0.717, 1.165) is 19.3 Å². The lowest BCUT2D eigenvalue weighted by molar-refractivity contribution is -0.187. The Labute approximate surface area is 82.2 Å². The van der Waals surface area contributed by atoms with Gasteiger partial charge in [-0.3, -0.25) is 4.90 Å². The first kappa shape index (κ1) is 11.8. The number of piperidine rings is 1. The van der Waals surface area contributed by atoms with E-state index in [0.29, 0.717) is 13.1 Å². The Bertz CT molecular complexity index is 164. The van der Waals surface area contributed by atoms with Crippen LogP contribution < -0.4 is 5.73 Å². The van der Waals surface area contributed by atoms with Gasteiger partial charge in [0.2, 0.25) is 0 Å². The van der Waals surface area contributed by atoms with Gasteiger partial charge in [-0.25, -0.2) is 0 Å². The van der Waals surface area contributed by atoms with Gasteiger partial charge in [0, 0.05) is 0 Å².